The highest BCUT2D eigenvalue weighted by Gasteiger charge is 2.38. The van der Waals surface area contributed by atoms with Crippen LogP contribution in [0.25, 0.3) is 0 Å². The van der Waals surface area contributed by atoms with Gasteiger partial charge in [-0.1, -0.05) is 0 Å². The molecule has 1 atom stereocenters. The predicted molar refractivity (Wildman–Crippen MR) is 54.1 cm³/mol. The first-order valence-corrected chi connectivity index (χ1v) is 4.90. The highest BCUT2D eigenvalue weighted by molar-refractivity contribution is 5.72. The summed E-state index contributed by atoms with van der Waals surface area (Å²) in [6.07, 6.45) is 0.786. The van der Waals surface area contributed by atoms with E-state index >= 15 is 0 Å². The molecule has 0 aliphatic carbocycles. The lowest BCUT2D eigenvalue weighted by Gasteiger charge is -2.23. The summed E-state index contributed by atoms with van der Waals surface area (Å²) in [6.45, 7) is 1.70. The number of esters is 1. The van der Waals surface area contributed by atoms with Crippen LogP contribution in [0, 0.1) is 0 Å². The quantitative estimate of drug-likeness (QED) is 0.495. The zero-order valence-electron chi connectivity index (χ0n) is 8.73. The number of phenols is 3. The van der Waals surface area contributed by atoms with E-state index in [-0.39, 0.29) is 5.97 Å². The SMILES string of the molecule is CC1(c2cc(O)c(O)c(O)c2)CCC(=O)O1. The van der Waals surface area contributed by atoms with Crippen LogP contribution in [0.3, 0.4) is 0 Å². The molecule has 1 aliphatic heterocycles. The molecule has 1 heterocycles. The molecule has 0 saturated carbocycles. The zero-order chi connectivity index (χ0) is 11.9. The van der Waals surface area contributed by atoms with Gasteiger partial charge >= 0.3 is 5.97 Å². The van der Waals surface area contributed by atoms with Crippen molar-refractivity contribution in [2.45, 2.75) is 25.4 Å². The summed E-state index contributed by atoms with van der Waals surface area (Å²) in [5.74, 6) is -1.75. The maximum Gasteiger partial charge on any atom is 0.306 e. The fourth-order valence-corrected chi connectivity index (χ4v) is 1.81. The first kappa shape index (κ1) is 10.6. The topological polar surface area (TPSA) is 87.0 Å². The lowest BCUT2D eigenvalue weighted by atomic mass is 9.92. The molecule has 86 valence electrons. The van der Waals surface area contributed by atoms with Crippen molar-refractivity contribution < 1.29 is 24.9 Å². The lowest BCUT2D eigenvalue weighted by Crippen LogP contribution is -2.20. The molecule has 1 aliphatic rings. The molecule has 3 N–H and O–H groups in total. The second-order valence-corrected chi connectivity index (χ2v) is 4.07. The molecule has 1 aromatic rings. The number of cyclic esters (lactones) is 1. The first-order valence-electron chi connectivity index (χ1n) is 4.90. The summed E-state index contributed by atoms with van der Waals surface area (Å²) in [5.41, 5.74) is -0.383. The Morgan fingerprint density at radius 3 is 2.25 bits per heavy atom. The van der Waals surface area contributed by atoms with Crippen LogP contribution in [0.5, 0.6) is 17.2 Å². The molecule has 0 amide bonds. The highest BCUT2D eigenvalue weighted by atomic mass is 16.6. The number of phenolic OH excluding ortho intramolecular Hbond substituents is 3. The molecule has 1 saturated heterocycles. The van der Waals surface area contributed by atoms with Crippen LogP contribution in [0.2, 0.25) is 0 Å². The number of benzene rings is 1. The minimum Gasteiger partial charge on any atom is -0.504 e. The summed E-state index contributed by atoms with van der Waals surface area (Å²) in [4.78, 5) is 11.1. The van der Waals surface area contributed by atoms with E-state index in [4.69, 9.17) is 4.74 Å². The number of hydrogen-bond donors (Lipinski definition) is 3. The predicted octanol–water partition coefficient (Wildman–Crippen LogP) is 1.36. The number of aromatic hydroxyl groups is 3. The van der Waals surface area contributed by atoms with Crippen LogP contribution < -0.4 is 0 Å². The van der Waals surface area contributed by atoms with Gasteiger partial charge in [-0.25, -0.2) is 0 Å². The van der Waals surface area contributed by atoms with E-state index in [2.05, 4.69) is 0 Å². The molecule has 1 aromatic carbocycles. The van der Waals surface area contributed by atoms with Gasteiger partial charge in [0.25, 0.3) is 0 Å². The van der Waals surface area contributed by atoms with Crippen LogP contribution in [0.15, 0.2) is 12.1 Å². The standard InChI is InChI=1S/C11H12O5/c1-11(3-2-9(14)16-11)6-4-7(12)10(15)8(13)5-6/h4-5,12-13,15H,2-3H2,1H3. The van der Waals surface area contributed by atoms with E-state index < -0.39 is 22.8 Å². The van der Waals surface area contributed by atoms with Gasteiger partial charge in [0.2, 0.25) is 0 Å². The third-order valence-electron chi connectivity index (χ3n) is 2.83. The van der Waals surface area contributed by atoms with Gasteiger partial charge in [-0.05, 0) is 19.1 Å². The van der Waals surface area contributed by atoms with Gasteiger partial charge < -0.3 is 20.1 Å². The van der Waals surface area contributed by atoms with Crippen LogP contribution in [0.4, 0.5) is 0 Å². The average Bonchev–Trinajstić information content (AvgIpc) is 2.56. The fraction of sp³-hybridized carbons (Fsp3) is 0.364. The third-order valence-corrected chi connectivity index (χ3v) is 2.83. The molecular formula is C11H12O5. The molecule has 2 rings (SSSR count). The first-order chi connectivity index (χ1) is 7.42. The van der Waals surface area contributed by atoms with E-state index in [1.54, 1.807) is 6.92 Å². The Hall–Kier alpha value is -1.91. The van der Waals surface area contributed by atoms with Gasteiger partial charge in [0.05, 0.1) is 0 Å². The monoisotopic (exact) mass is 224 g/mol. The number of hydrogen-bond acceptors (Lipinski definition) is 5. The third kappa shape index (κ3) is 1.54. The Bertz CT molecular complexity index is 431. The van der Waals surface area contributed by atoms with Gasteiger partial charge in [-0.15, -0.1) is 0 Å². The van der Waals surface area contributed by atoms with E-state index in [0.717, 1.165) is 0 Å². The van der Waals surface area contributed by atoms with Crippen molar-refractivity contribution in [1.82, 2.24) is 0 Å². The Morgan fingerprint density at radius 2 is 1.81 bits per heavy atom. The summed E-state index contributed by atoms with van der Waals surface area (Å²) in [5, 5.41) is 27.9. The van der Waals surface area contributed by atoms with Crippen LogP contribution >= 0.6 is 0 Å². The Labute approximate surface area is 91.9 Å². The van der Waals surface area contributed by atoms with Gasteiger partial charge in [-0.2, -0.15) is 0 Å². The van der Waals surface area contributed by atoms with Gasteiger partial charge in [0.1, 0.15) is 5.60 Å². The van der Waals surface area contributed by atoms with Crippen LogP contribution in [0.1, 0.15) is 25.3 Å². The normalized spacial score (nSPS) is 24.4. The van der Waals surface area contributed by atoms with Crippen molar-refractivity contribution in [3.05, 3.63) is 17.7 Å². The second-order valence-electron chi connectivity index (χ2n) is 4.07. The van der Waals surface area contributed by atoms with E-state index in [9.17, 15) is 20.1 Å². The largest absolute Gasteiger partial charge is 0.504 e. The minimum atomic E-state index is -0.847. The van der Waals surface area contributed by atoms with Crippen molar-refractivity contribution in [2.75, 3.05) is 0 Å². The Balaban J connectivity index is 2.45. The molecule has 5 nitrogen and oxygen atoms in total. The summed E-state index contributed by atoms with van der Waals surface area (Å²) >= 11 is 0. The van der Waals surface area contributed by atoms with Crippen molar-refractivity contribution in [1.29, 1.82) is 0 Å². The molecule has 16 heavy (non-hydrogen) atoms. The summed E-state index contributed by atoms with van der Waals surface area (Å²) in [7, 11) is 0. The molecule has 5 heteroatoms. The van der Waals surface area contributed by atoms with Gasteiger partial charge in [0.15, 0.2) is 17.2 Å². The zero-order valence-corrected chi connectivity index (χ0v) is 8.73. The molecule has 1 fully saturated rings. The Kier molecular flexibility index (Phi) is 2.18. The van der Waals surface area contributed by atoms with Crippen LogP contribution in [-0.2, 0) is 15.1 Å². The maximum absolute atomic E-state index is 11.1. The maximum atomic E-state index is 11.1. The summed E-state index contributed by atoms with van der Waals surface area (Å²) in [6, 6.07) is 2.57. The molecule has 0 radical (unpaired) electrons. The van der Waals surface area contributed by atoms with E-state index in [1.165, 1.54) is 12.1 Å². The number of carbonyl (C=O) groups is 1. The second kappa shape index (κ2) is 3.30. The Morgan fingerprint density at radius 1 is 1.25 bits per heavy atom. The van der Waals surface area contributed by atoms with Crippen molar-refractivity contribution >= 4 is 5.97 Å². The molecule has 1 unspecified atom stereocenters. The molecule has 0 bridgehead atoms. The van der Waals surface area contributed by atoms with Gasteiger partial charge in [-0.3, -0.25) is 4.79 Å². The average molecular weight is 224 g/mol. The lowest BCUT2D eigenvalue weighted by molar-refractivity contribution is -0.147. The smallest absolute Gasteiger partial charge is 0.306 e. The number of carbonyl (C=O) groups excluding carboxylic acids is 1. The van der Waals surface area contributed by atoms with Crippen molar-refractivity contribution in [3.8, 4) is 17.2 Å². The number of ether oxygens (including phenoxy) is 1. The minimum absolute atomic E-state index is 0.304. The molecule has 0 aromatic heterocycles. The number of rotatable bonds is 1. The summed E-state index contributed by atoms with van der Waals surface area (Å²) < 4.78 is 5.14. The van der Waals surface area contributed by atoms with Gasteiger partial charge in [0, 0.05) is 18.4 Å². The van der Waals surface area contributed by atoms with Crippen molar-refractivity contribution in [3.63, 3.8) is 0 Å². The fourth-order valence-electron chi connectivity index (χ4n) is 1.81. The molecular weight excluding hydrogens is 212 g/mol. The van der Waals surface area contributed by atoms with Crippen LogP contribution in [-0.4, -0.2) is 21.3 Å². The van der Waals surface area contributed by atoms with E-state index in [1.807, 2.05) is 0 Å². The highest BCUT2D eigenvalue weighted by Crippen LogP contribution is 2.43. The van der Waals surface area contributed by atoms with Crippen molar-refractivity contribution in [2.24, 2.45) is 0 Å². The van der Waals surface area contributed by atoms with E-state index in [0.29, 0.717) is 18.4 Å². The molecule has 0 spiro atoms.